The maximum Gasteiger partial charge on any atom is 0.160 e. The van der Waals surface area contributed by atoms with Crippen molar-refractivity contribution in [2.75, 3.05) is 0 Å². The molecule has 5 heteroatoms. The van der Waals surface area contributed by atoms with Gasteiger partial charge in [0.2, 0.25) is 0 Å². The molecule has 8 aromatic carbocycles. The van der Waals surface area contributed by atoms with Gasteiger partial charge in [-0.2, -0.15) is 0 Å². The van der Waals surface area contributed by atoms with Crippen LogP contribution in [0, 0.1) is 0 Å². The van der Waals surface area contributed by atoms with E-state index in [1.165, 1.54) is 16.3 Å². The van der Waals surface area contributed by atoms with Crippen molar-refractivity contribution in [3.8, 4) is 62.0 Å². The smallest absolute Gasteiger partial charge is 0.160 e. The third kappa shape index (κ3) is 5.59. The maximum atomic E-state index is 6.66. The molecular weight excluding hydrogens is 733 g/mol. The number of hydrogen-bond acceptors (Lipinski definition) is 4. The summed E-state index contributed by atoms with van der Waals surface area (Å²) in [4.78, 5) is 16.0. The highest BCUT2D eigenvalue weighted by atomic mass is 16.3. The Balaban J connectivity index is 1.15. The Labute approximate surface area is 345 Å². The van der Waals surface area contributed by atoms with Gasteiger partial charge in [-0.1, -0.05) is 152 Å². The van der Waals surface area contributed by atoms with Crippen molar-refractivity contribution in [1.29, 1.82) is 0 Å². The number of hydrogen-bond donors (Lipinski definition) is 0. The Morgan fingerprint density at radius 3 is 1.62 bits per heavy atom. The van der Waals surface area contributed by atoms with E-state index in [9.17, 15) is 0 Å². The summed E-state index contributed by atoms with van der Waals surface area (Å²) in [5.74, 6) is 0.658. The first kappa shape index (κ1) is 33.9. The molecule has 0 saturated carbocycles. The number of aromatic nitrogens is 4. The third-order valence-electron chi connectivity index (χ3n) is 11.6. The van der Waals surface area contributed by atoms with Crippen molar-refractivity contribution in [2.45, 2.75) is 0 Å². The van der Waals surface area contributed by atoms with Crippen LogP contribution in [0.15, 0.2) is 211 Å². The molecule has 0 aliphatic carbocycles. The second-order valence-corrected chi connectivity index (χ2v) is 15.2. The van der Waals surface area contributed by atoms with Crippen molar-refractivity contribution in [2.24, 2.45) is 0 Å². The molecule has 4 aromatic heterocycles. The molecule has 0 N–H and O–H groups in total. The van der Waals surface area contributed by atoms with Crippen LogP contribution in [-0.2, 0) is 0 Å². The van der Waals surface area contributed by atoms with Crippen LogP contribution in [0.1, 0.15) is 0 Å². The standard InChI is InChI=1S/C55H34N4O/c1-3-15-35(16-4-1)36-27-29-37(30-28-36)47-34-48(58-55(57-47)38-17-5-2-6-18-38)39-31-40(33-41(32-39)59-49-24-12-8-19-42(49)43-20-9-13-25-50(43)59)53-52-45-22-10-14-26-51(45)60-54(52)44-21-7-11-23-46(44)56-53/h1-34H. The van der Waals surface area contributed by atoms with E-state index < -0.39 is 0 Å². The summed E-state index contributed by atoms with van der Waals surface area (Å²) in [7, 11) is 0. The zero-order valence-electron chi connectivity index (χ0n) is 32.3. The molecule has 12 aromatic rings. The molecule has 0 saturated heterocycles. The van der Waals surface area contributed by atoms with E-state index in [0.717, 1.165) is 94.5 Å². The van der Waals surface area contributed by atoms with Crippen LogP contribution in [0.5, 0.6) is 0 Å². The van der Waals surface area contributed by atoms with Crippen LogP contribution in [0.25, 0.3) is 117 Å². The van der Waals surface area contributed by atoms with Gasteiger partial charge in [-0.15, -0.1) is 0 Å². The van der Waals surface area contributed by atoms with Gasteiger partial charge in [-0.3, -0.25) is 0 Å². The number of para-hydroxylation sites is 4. The van der Waals surface area contributed by atoms with E-state index in [1.807, 2.05) is 48.5 Å². The minimum Gasteiger partial charge on any atom is -0.455 e. The third-order valence-corrected chi connectivity index (χ3v) is 11.6. The molecule has 0 spiro atoms. The predicted molar refractivity (Wildman–Crippen MR) is 246 cm³/mol. The topological polar surface area (TPSA) is 56.7 Å². The summed E-state index contributed by atoms with van der Waals surface area (Å²) in [6.07, 6.45) is 0. The van der Waals surface area contributed by atoms with Crippen LogP contribution in [0.4, 0.5) is 0 Å². The number of pyridine rings is 1. The molecule has 0 radical (unpaired) electrons. The number of fused-ring (bicyclic) bond motifs is 8. The predicted octanol–water partition coefficient (Wildman–Crippen LogP) is 14.4. The quantitative estimate of drug-likeness (QED) is 0.169. The van der Waals surface area contributed by atoms with E-state index in [0.29, 0.717) is 5.82 Å². The van der Waals surface area contributed by atoms with Gasteiger partial charge in [0.05, 0.1) is 39.0 Å². The van der Waals surface area contributed by atoms with Crippen LogP contribution in [-0.4, -0.2) is 19.5 Å². The van der Waals surface area contributed by atoms with Crippen LogP contribution < -0.4 is 0 Å². The van der Waals surface area contributed by atoms with Gasteiger partial charge in [0, 0.05) is 49.5 Å². The van der Waals surface area contributed by atoms with Crippen molar-refractivity contribution >= 4 is 54.6 Å². The number of rotatable bonds is 6. The molecule has 12 rings (SSSR count). The summed E-state index contributed by atoms with van der Waals surface area (Å²) in [5.41, 5.74) is 14.5. The number of benzene rings is 8. The molecule has 0 bridgehead atoms. The zero-order valence-corrected chi connectivity index (χ0v) is 32.3. The van der Waals surface area contributed by atoms with Gasteiger partial charge in [-0.25, -0.2) is 15.0 Å². The van der Waals surface area contributed by atoms with Gasteiger partial charge in [0.1, 0.15) is 11.2 Å². The van der Waals surface area contributed by atoms with Crippen molar-refractivity contribution < 1.29 is 4.42 Å². The number of nitrogens with zero attached hydrogens (tertiary/aromatic N) is 4. The minimum atomic E-state index is 0.658. The van der Waals surface area contributed by atoms with Crippen molar-refractivity contribution in [3.05, 3.63) is 206 Å². The Bertz CT molecular complexity index is 3530. The fourth-order valence-electron chi connectivity index (χ4n) is 8.77. The first-order chi connectivity index (χ1) is 29.7. The molecule has 4 heterocycles. The maximum absolute atomic E-state index is 6.66. The lowest BCUT2D eigenvalue weighted by Crippen LogP contribution is -1.99. The Kier molecular flexibility index (Phi) is 7.78. The second-order valence-electron chi connectivity index (χ2n) is 15.2. The summed E-state index contributed by atoms with van der Waals surface area (Å²) >= 11 is 0. The van der Waals surface area contributed by atoms with E-state index in [1.54, 1.807) is 0 Å². The lowest BCUT2D eigenvalue weighted by molar-refractivity contribution is 0.672. The average molecular weight is 767 g/mol. The molecule has 5 nitrogen and oxygen atoms in total. The minimum absolute atomic E-state index is 0.658. The fraction of sp³-hybridized carbons (Fsp3) is 0. The number of furan rings is 1. The van der Waals surface area contributed by atoms with Gasteiger partial charge in [0.15, 0.2) is 5.82 Å². The fourth-order valence-corrected chi connectivity index (χ4v) is 8.77. The van der Waals surface area contributed by atoms with Crippen molar-refractivity contribution in [3.63, 3.8) is 0 Å². The van der Waals surface area contributed by atoms with Crippen LogP contribution in [0.2, 0.25) is 0 Å². The highest BCUT2D eigenvalue weighted by Crippen LogP contribution is 2.42. The van der Waals surface area contributed by atoms with E-state index >= 15 is 0 Å². The Hall–Kier alpha value is -8.15. The molecule has 0 amide bonds. The van der Waals surface area contributed by atoms with Gasteiger partial charge in [0.25, 0.3) is 0 Å². The monoisotopic (exact) mass is 766 g/mol. The lowest BCUT2D eigenvalue weighted by Gasteiger charge is -2.15. The average Bonchev–Trinajstić information content (AvgIpc) is 3.89. The Morgan fingerprint density at radius 1 is 0.367 bits per heavy atom. The van der Waals surface area contributed by atoms with E-state index in [-0.39, 0.29) is 0 Å². The van der Waals surface area contributed by atoms with E-state index in [4.69, 9.17) is 19.4 Å². The molecule has 0 aliphatic rings. The molecule has 0 unspecified atom stereocenters. The first-order valence-electron chi connectivity index (χ1n) is 20.2. The summed E-state index contributed by atoms with van der Waals surface area (Å²) < 4.78 is 9.03. The summed E-state index contributed by atoms with van der Waals surface area (Å²) in [6, 6.07) is 72.0. The zero-order chi connectivity index (χ0) is 39.6. The highest BCUT2D eigenvalue weighted by molar-refractivity contribution is 6.19. The van der Waals surface area contributed by atoms with Crippen LogP contribution in [0.3, 0.4) is 0 Å². The van der Waals surface area contributed by atoms with Gasteiger partial charge < -0.3 is 8.98 Å². The molecule has 0 atom stereocenters. The molecule has 0 aliphatic heterocycles. The normalized spacial score (nSPS) is 11.7. The van der Waals surface area contributed by atoms with Crippen LogP contribution >= 0.6 is 0 Å². The Morgan fingerprint density at radius 2 is 0.900 bits per heavy atom. The van der Waals surface area contributed by atoms with E-state index in [2.05, 4.69) is 162 Å². The first-order valence-corrected chi connectivity index (χ1v) is 20.2. The lowest BCUT2D eigenvalue weighted by atomic mass is 9.98. The summed E-state index contributed by atoms with van der Waals surface area (Å²) in [5, 5.41) is 5.39. The summed E-state index contributed by atoms with van der Waals surface area (Å²) in [6.45, 7) is 0. The largest absolute Gasteiger partial charge is 0.455 e. The van der Waals surface area contributed by atoms with Gasteiger partial charge in [-0.05, 0) is 65.7 Å². The van der Waals surface area contributed by atoms with Gasteiger partial charge >= 0.3 is 0 Å². The molecule has 280 valence electrons. The molecular formula is C55H34N4O. The molecule has 60 heavy (non-hydrogen) atoms. The van der Waals surface area contributed by atoms with Crippen molar-refractivity contribution in [1.82, 2.24) is 19.5 Å². The SMILES string of the molecule is c1ccc(-c2ccc(-c3cc(-c4cc(-c5nc6ccccc6c6oc7ccccc7c56)cc(-n5c6ccccc6c6ccccc65)c4)nc(-c4ccccc4)n3)cc2)cc1. The molecule has 0 fully saturated rings. The highest BCUT2D eigenvalue weighted by Gasteiger charge is 2.21. The second kappa shape index (κ2) is 13.8.